The largest absolute Gasteiger partial charge is 0.468 e. The molecule has 4 heterocycles. The van der Waals surface area contributed by atoms with Crippen LogP contribution in [0.25, 0.3) is 10.9 Å². The second-order valence-electron chi connectivity index (χ2n) is 10.2. The number of hydrogen-bond donors (Lipinski definition) is 1. The van der Waals surface area contributed by atoms with Crippen LogP contribution in [0.15, 0.2) is 63.3 Å². The lowest BCUT2D eigenvalue weighted by Crippen LogP contribution is -2.37. The van der Waals surface area contributed by atoms with Gasteiger partial charge in [-0.15, -0.1) is 16.4 Å². The quantitative estimate of drug-likeness (QED) is 0.269. The van der Waals surface area contributed by atoms with Crippen molar-refractivity contribution in [3.63, 3.8) is 0 Å². The van der Waals surface area contributed by atoms with E-state index < -0.39 is 6.04 Å². The first-order valence-corrected chi connectivity index (χ1v) is 13.4. The molecular formula is C28H32N6O2S. The number of H-pyrrole nitrogens is 1. The first-order chi connectivity index (χ1) is 17.8. The molecule has 1 atom stereocenters. The molecule has 1 aromatic carbocycles. The lowest BCUT2D eigenvalue weighted by Gasteiger charge is -2.33. The van der Waals surface area contributed by atoms with Gasteiger partial charge in [-0.3, -0.25) is 9.69 Å². The van der Waals surface area contributed by atoms with E-state index in [0.717, 1.165) is 34.2 Å². The molecule has 0 amide bonds. The minimum absolute atomic E-state index is 0.151. The zero-order valence-corrected chi connectivity index (χ0v) is 22.7. The van der Waals surface area contributed by atoms with E-state index in [0.29, 0.717) is 24.5 Å². The highest BCUT2D eigenvalue weighted by atomic mass is 32.1. The van der Waals surface area contributed by atoms with E-state index in [2.05, 4.69) is 70.6 Å². The van der Waals surface area contributed by atoms with Crippen molar-refractivity contribution in [3.05, 3.63) is 97.6 Å². The Labute approximate surface area is 219 Å². The highest BCUT2D eigenvalue weighted by Gasteiger charge is 2.35. The number of aryl methyl sites for hydroxylation is 2. The van der Waals surface area contributed by atoms with Crippen LogP contribution in [0.1, 0.15) is 66.4 Å². The molecule has 0 saturated carbocycles. The molecule has 8 nitrogen and oxygen atoms in total. The molecule has 1 unspecified atom stereocenters. The summed E-state index contributed by atoms with van der Waals surface area (Å²) in [4.78, 5) is 20.3. The zero-order chi connectivity index (χ0) is 26.2. The molecule has 1 N–H and O–H groups in total. The second kappa shape index (κ2) is 10.1. The van der Waals surface area contributed by atoms with Crippen molar-refractivity contribution in [2.24, 2.45) is 0 Å². The summed E-state index contributed by atoms with van der Waals surface area (Å²) >= 11 is 1.68. The average molecular weight is 517 g/mol. The molecule has 5 rings (SSSR count). The third-order valence-electron chi connectivity index (χ3n) is 7.06. The van der Waals surface area contributed by atoms with Crippen LogP contribution in [0.4, 0.5) is 0 Å². The lowest BCUT2D eigenvalue weighted by molar-refractivity contribution is 0.169. The van der Waals surface area contributed by atoms with E-state index in [9.17, 15) is 4.79 Å². The molecule has 0 bridgehead atoms. The summed E-state index contributed by atoms with van der Waals surface area (Å²) in [5.74, 6) is 1.43. The molecule has 37 heavy (non-hydrogen) atoms. The first kappa shape index (κ1) is 25.1. The van der Waals surface area contributed by atoms with Gasteiger partial charge in [0.25, 0.3) is 5.56 Å². The Balaban J connectivity index is 1.75. The van der Waals surface area contributed by atoms with Crippen molar-refractivity contribution in [1.82, 2.24) is 30.1 Å². The number of thiophene rings is 1. The van der Waals surface area contributed by atoms with Crippen molar-refractivity contribution < 1.29 is 4.42 Å². The summed E-state index contributed by atoms with van der Waals surface area (Å²) in [6.45, 7) is 11.5. The Morgan fingerprint density at radius 3 is 2.70 bits per heavy atom. The third-order valence-corrected chi connectivity index (χ3v) is 7.92. The molecule has 0 spiro atoms. The van der Waals surface area contributed by atoms with Gasteiger partial charge in [0.05, 0.1) is 18.3 Å². The van der Waals surface area contributed by atoms with Gasteiger partial charge in [-0.1, -0.05) is 19.1 Å². The Bertz CT molecular complexity index is 1510. The van der Waals surface area contributed by atoms with Crippen molar-refractivity contribution in [2.45, 2.75) is 65.7 Å². The van der Waals surface area contributed by atoms with E-state index in [4.69, 9.17) is 4.42 Å². The van der Waals surface area contributed by atoms with Gasteiger partial charge in [0.1, 0.15) is 11.8 Å². The van der Waals surface area contributed by atoms with Crippen LogP contribution in [-0.4, -0.2) is 30.1 Å². The number of benzene rings is 1. The number of fused-ring (bicyclic) bond motifs is 1. The summed E-state index contributed by atoms with van der Waals surface area (Å²) in [5.41, 5.74) is 3.15. The summed E-state index contributed by atoms with van der Waals surface area (Å²) in [7, 11) is 0. The Morgan fingerprint density at radius 2 is 2.00 bits per heavy atom. The number of aromatic nitrogens is 5. The molecule has 0 aliphatic heterocycles. The topological polar surface area (TPSA) is 92.8 Å². The minimum Gasteiger partial charge on any atom is -0.468 e. The molecule has 9 heteroatoms. The number of furan rings is 1. The van der Waals surface area contributed by atoms with E-state index in [1.165, 1.54) is 4.88 Å². The maximum absolute atomic E-state index is 13.8. The maximum atomic E-state index is 13.8. The molecule has 0 radical (unpaired) electrons. The third kappa shape index (κ3) is 5.01. The van der Waals surface area contributed by atoms with Crippen LogP contribution in [-0.2, 0) is 18.6 Å². The second-order valence-corrected chi connectivity index (χ2v) is 11.2. The number of rotatable bonds is 9. The molecule has 192 valence electrons. The van der Waals surface area contributed by atoms with Crippen LogP contribution in [0.3, 0.4) is 0 Å². The van der Waals surface area contributed by atoms with Gasteiger partial charge in [-0.05, 0) is 91.4 Å². The van der Waals surface area contributed by atoms with Crippen LogP contribution in [0.2, 0.25) is 0 Å². The number of pyridine rings is 1. The Hall–Kier alpha value is -3.56. The van der Waals surface area contributed by atoms with Gasteiger partial charge < -0.3 is 9.40 Å². The standard InChI is InChI=1S/C28H32N6O2S/c1-6-28(4,5)34-26(30-31-32-34)25(23-15-22-19(3)13-18(2)14-24(22)29-27(23)35)33(16-20-9-7-11-36-20)17-21-10-8-12-37-21/h7-15,25H,6,16-17H2,1-5H3,(H,29,35). The smallest absolute Gasteiger partial charge is 0.253 e. The first-order valence-electron chi connectivity index (χ1n) is 12.5. The average Bonchev–Trinajstić information content (AvgIpc) is 3.63. The predicted molar refractivity (Wildman–Crippen MR) is 146 cm³/mol. The van der Waals surface area contributed by atoms with Crippen molar-refractivity contribution in [3.8, 4) is 0 Å². The van der Waals surface area contributed by atoms with E-state index in [1.807, 2.05) is 41.9 Å². The highest BCUT2D eigenvalue weighted by Crippen LogP contribution is 2.34. The Morgan fingerprint density at radius 1 is 1.16 bits per heavy atom. The SMILES string of the molecule is CCC(C)(C)n1nnnc1C(c1cc2c(C)cc(C)cc2[nH]c1=O)N(Cc1ccco1)Cc1cccs1. The van der Waals surface area contributed by atoms with Gasteiger partial charge in [0.15, 0.2) is 5.82 Å². The van der Waals surface area contributed by atoms with Crippen molar-refractivity contribution in [1.29, 1.82) is 0 Å². The molecule has 5 aromatic rings. The van der Waals surface area contributed by atoms with Gasteiger partial charge in [0, 0.05) is 27.9 Å². The number of aromatic amines is 1. The van der Waals surface area contributed by atoms with E-state index >= 15 is 0 Å². The minimum atomic E-state index is -0.512. The molecule has 0 fully saturated rings. The lowest BCUT2D eigenvalue weighted by atomic mass is 9.97. The zero-order valence-electron chi connectivity index (χ0n) is 21.9. The van der Waals surface area contributed by atoms with Crippen LogP contribution in [0.5, 0.6) is 0 Å². The fourth-order valence-corrected chi connectivity index (χ4v) is 5.51. The molecule has 4 aromatic heterocycles. The maximum Gasteiger partial charge on any atom is 0.253 e. The fourth-order valence-electron chi connectivity index (χ4n) is 4.78. The van der Waals surface area contributed by atoms with Gasteiger partial charge in [-0.2, -0.15) is 0 Å². The van der Waals surface area contributed by atoms with Gasteiger partial charge >= 0.3 is 0 Å². The van der Waals surface area contributed by atoms with Crippen molar-refractivity contribution in [2.75, 3.05) is 0 Å². The molecule has 0 aliphatic rings. The highest BCUT2D eigenvalue weighted by molar-refractivity contribution is 7.09. The summed E-state index contributed by atoms with van der Waals surface area (Å²) in [5, 5.41) is 16.1. The molecule has 0 saturated heterocycles. The van der Waals surface area contributed by atoms with E-state index in [1.54, 1.807) is 17.6 Å². The number of hydrogen-bond acceptors (Lipinski definition) is 7. The predicted octanol–water partition coefficient (Wildman–Crippen LogP) is 5.72. The molecule has 0 aliphatic carbocycles. The van der Waals surface area contributed by atoms with Gasteiger partial charge in [-0.25, -0.2) is 4.68 Å². The summed E-state index contributed by atoms with van der Waals surface area (Å²) in [6.07, 6.45) is 2.50. The number of tetrazole rings is 1. The number of nitrogens with one attached hydrogen (secondary N) is 1. The normalized spacial score (nSPS) is 13.0. The van der Waals surface area contributed by atoms with Crippen LogP contribution in [0, 0.1) is 13.8 Å². The summed E-state index contributed by atoms with van der Waals surface area (Å²) in [6, 6.07) is 13.6. The summed E-state index contributed by atoms with van der Waals surface area (Å²) < 4.78 is 7.62. The van der Waals surface area contributed by atoms with Gasteiger partial charge in [0.2, 0.25) is 0 Å². The van der Waals surface area contributed by atoms with E-state index in [-0.39, 0.29) is 11.1 Å². The Kier molecular flexibility index (Phi) is 6.83. The fraction of sp³-hybridized carbons (Fsp3) is 0.357. The van der Waals surface area contributed by atoms with Crippen LogP contribution < -0.4 is 5.56 Å². The monoisotopic (exact) mass is 516 g/mol. The van der Waals surface area contributed by atoms with Crippen LogP contribution >= 0.6 is 11.3 Å². The molecular weight excluding hydrogens is 484 g/mol. The number of nitrogens with zero attached hydrogens (tertiary/aromatic N) is 5. The van der Waals surface area contributed by atoms with Crippen molar-refractivity contribution >= 4 is 22.2 Å².